The number of nitrogens with zero attached hydrogens (tertiary/aromatic N) is 3. The van der Waals surface area contributed by atoms with E-state index in [0.29, 0.717) is 25.1 Å². The third kappa shape index (κ3) is 5.02. The molecule has 0 saturated carbocycles. The Morgan fingerprint density at radius 3 is 2.17 bits per heavy atom. The lowest BCUT2D eigenvalue weighted by molar-refractivity contribution is 0.244. The maximum absolute atomic E-state index is 8.62. The van der Waals surface area contributed by atoms with Gasteiger partial charge in [0, 0.05) is 12.1 Å². The van der Waals surface area contributed by atoms with Crippen LogP contribution in [0.25, 0.3) is 0 Å². The summed E-state index contributed by atoms with van der Waals surface area (Å²) in [5, 5.41) is 8.29. The van der Waals surface area contributed by atoms with Crippen LogP contribution in [0.2, 0.25) is 0 Å². The van der Waals surface area contributed by atoms with E-state index < -0.39 is 8.30 Å². The highest BCUT2D eigenvalue weighted by Crippen LogP contribution is 2.56. The molecule has 0 rings (SSSR count). The minimum atomic E-state index is -0.905. The first-order valence-corrected chi connectivity index (χ1v) is 7.55. The summed E-state index contributed by atoms with van der Waals surface area (Å²) in [5.74, 6) is 0. The molecule has 0 saturated heterocycles. The van der Waals surface area contributed by atoms with Crippen molar-refractivity contribution in [1.29, 1.82) is 5.26 Å². The van der Waals surface area contributed by atoms with Crippen LogP contribution in [0.3, 0.4) is 0 Å². The van der Waals surface area contributed by atoms with Gasteiger partial charge in [-0.05, 0) is 48.3 Å². The van der Waals surface area contributed by atoms with Crippen LogP contribution >= 0.6 is 8.30 Å². The molecule has 0 heterocycles. The number of nitriles is 1. The zero-order valence-electron chi connectivity index (χ0n) is 12.5. The monoisotopic (exact) mass is 271 g/mol. The second-order valence-electron chi connectivity index (χ2n) is 5.23. The molecule has 0 fully saturated rings. The van der Waals surface area contributed by atoms with Crippen LogP contribution in [0.1, 0.15) is 48.0 Å². The molecule has 1 unspecified atom stereocenters. The van der Waals surface area contributed by atoms with E-state index in [-0.39, 0.29) is 5.28 Å². The Morgan fingerprint density at radius 2 is 1.83 bits per heavy atom. The highest BCUT2D eigenvalue weighted by molar-refractivity contribution is 7.51. The average Bonchev–Trinajstić information content (AvgIpc) is 2.26. The van der Waals surface area contributed by atoms with Crippen molar-refractivity contribution in [1.82, 2.24) is 4.67 Å². The van der Waals surface area contributed by atoms with Gasteiger partial charge in [-0.25, -0.2) is 0 Å². The van der Waals surface area contributed by atoms with Gasteiger partial charge in [0.05, 0.1) is 19.1 Å². The fourth-order valence-electron chi connectivity index (χ4n) is 1.76. The SMILES string of the molecule is C=NC(C)(C)P(OCCC#N)N(C(C)C)C(C)C. The summed E-state index contributed by atoms with van der Waals surface area (Å²) >= 11 is 0. The smallest absolute Gasteiger partial charge is 0.133 e. The van der Waals surface area contributed by atoms with Gasteiger partial charge in [-0.1, -0.05) is 0 Å². The van der Waals surface area contributed by atoms with Crippen molar-refractivity contribution >= 4 is 15.0 Å². The second kappa shape index (κ2) is 7.84. The predicted octanol–water partition coefficient (Wildman–Crippen LogP) is 3.78. The summed E-state index contributed by atoms with van der Waals surface area (Å²) in [5.41, 5.74) is 0. The summed E-state index contributed by atoms with van der Waals surface area (Å²) < 4.78 is 8.29. The summed E-state index contributed by atoms with van der Waals surface area (Å²) in [6.45, 7) is 16.8. The summed E-state index contributed by atoms with van der Waals surface area (Å²) in [6, 6.07) is 2.86. The van der Waals surface area contributed by atoms with Crippen molar-refractivity contribution < 1.29 is 4.52 Å². The summed E-state index contributed by atoms with van der Waals surface area (Å²) in [4.78, 5) is 4.21. The van der Waals surface area contributed by atoms with E-state index in [0.717, 1.165) is 0 Å². The van der Waals surface area contributed by atoms with Gasteiger partial charge in [0.15, 0.2) is 0 Å². The number of aliphatic imine (C=N–C) groups is 1. The zero-order chi connectivity index (χ0) is 14.3. The normalized spacial score (nSPS) is 14.0. The molecule has 0 amide bonds. The molecule has 0 spiro atoms. The number of rotatable bonds is 8. The quantitative estimate of drug-likeness (QED) is 0.383. The van der Waals surface area contributed by atoms with Crippen molar-refractivity contribution in [2.75, 3.05) is 6.61 Å². The fraction of sp³-hybridized carbons (Fsp3) is 0.846. The Morgan fingerprint density at radius 1 is 1.33 bits per heavy atom. The van der Waals surface area contributed by atoms with E-state index in [1.807, 2.05) is 13.8 Å². The third-order valence-corrected chi connectivity index (χ3v) is 5.40. The predicted molar refractivity (Wildman–Crippen MR) is 78.8 cm³/mol. The molecule has 4 nitrogen and oxygen atoms in total. The molecule has 5 heteroatoms. The molecule has 0 aromatic rings. The standard InChI is InChI=1S/C13H26N3OP/c1-11(2)16(12(3)4)18(13(5,6)15-7)17-10-8-9-14/h11-12H,7-8,10H2,1-6H3. The second-order valence-corrected chi connectivity index (χ2v) is 7.59. The lowest BCUT2D eigenvalue weighted by Crippen LogP contribution is -2.38. The van der Waals surface area contributed by atoms with Crippen LogP contribution < -0.4 is 0 Å². The maximum Gasteiger partial charge on any atom is 0.133 e. The van der Waals surface area contributed by atoms with E-state index in [2.05, 4.69) is 50.1 Å². The van der Waals surface area contributed by atoms with Crippen molar-refractivity contribution in [2.45, 2.75) is 65.3 Å². The van der Waals surface area contributed by atoms with E-state index in [4.69, 9.17) is 9.79 Å². The molecule has 0 bridgehead atoms. The Hall–Kier alpha value is -0.490. The molecular weight excluding hydrogens is 245 g/mol. The van der Waals surface area contributed by atoms with Gasteiger partial charge in [0.25, 0.3) is 0 Å². The van der Waals surface area contributed by atoms with Gasteiger partial charge in [-0.2, -0.15) is 5.26 Å². The third-order valence-electron chi connectivity index (χ3n) is 2.55. The van der Waals surface area contributed by atoms with Crippen LogP contribution in [-0.2, 0) is 4.52 Å². The minimum Gasteiger partial charge on any atom is -0.340 e. The first-order chi connectivity index (χ1) is 8.27. The van der Waals surface area contributed by atoms with Gasteiger partial charge in [-0.3, -0.25) is 9.66 Å². The van der Waals surface area contributed by atoms with Crippen molar-refractivity contribution in [3.05, 3.63) is 0 Å². The molecule has 0 aliphatic rings. The molecule has 0 aromatic carbocycles. The average molecular weight is 271 g/mol. The Bertz CT molecular complexity index is 289. The van der Waals surface area contributed by atoms with Crippen molar-refractivity contribution in [3.63, 3.8) is 0 Å². The van der Waals surface area contributed by atoms with Crippen LogP contribution in [0, 0.1) is 11.3 Å². The first-order valence-electron chi connectivity index (χ1n) is 6.34. The largest absolute Gasteiger partial charge is 0.340 e. The lowest BCUT2D eigenvalue weighted by atomic mass is 10.3. The molecule has 18 heavy (non-hydrogen) atoms. The van der Waals surface area contributed by atoms with E-state index >= 15 is 0 Å². The van der Waals surface area contributed by atoms with Gasteiger partial charge < -0.3 is 4.52 Å². The van der Waals surface area contributed by atoms with Crippen LogP contribution in [0.5, 0.6) is 0 Å². The molecular formula is C13H26N3OP. The Labute approximate surface area is 113 Å². The summed E-state index contributed by atoms with van der Waals surface area (Å²) in [6.07, 6.45) is 0.413. The highest BCUT2D eigenvalue weighted by atomic mass is 31.2. The van der Waals surface area contributed by atoms with E-state index in [1.165, 1.54) is 0 Å². The van der Waals surface area contributed by atoms with Gasteiger partial charge in [0.2, 0.25) is 0 Å². The van der Waals surface area contributed by atoms with Gasteiger partial charge in [-0.15, -0.1) is 0 Å². The van der Waals surface area contributed by atoms with E-state index in [9.17, 15) is 0 Å². The molecule has 1 atom stereocenters. The van der Waals surface area contributed by atoms with Crippen molar-refractivity contribution in [2.24, 2.45) is 4.99 Å². The van der Waals surface area contributed by atoms with Gasteiger partial charge in [0.1, 0.15) is 13.6 Å². The van der Waals surface area contributed by atoms with Crippen LogP contribution in [-0.4, -0.2) is 35.4 Å². The Kier molecular flexibility index (Phi) is 7.62. The maximum atomic E-state index is 8.62. The Balaban J connectivity index is 5.05. The van der Waals surface area contributed by atoms with Crippen LogP contribution in [0.15, 0.2) is 4.99 Å². The first kappa shape index (κ1) is 17.5. The molecule has 0 N–H and O–H groups in total. The number of hydrogen-bond donors (Lipinski definition) is 0. The van der Waals surface area contributed by atoms with E-state index in [1.54, 1.807) is 0 Å². The number of hydrogen-bond acceptors (Lipinski definition) is 4. The molecule has 0 aromatic heterocycles. The summed E-state index contributed by atoms with van der Waals surface area (Å²) in [7, 11) is -0.905. The minimum absolute atomic E-state index is 0.334. The van der Waals surface area contributed by atoms with Gasteiger partial charge >= 0.3 is 0 Å². The topological polar surface area (TPSA) is 48.6 Å². The van der Waals surface area contributed by atoms with Crippen molar-refractivity contribution in [3.8, 4) is 6.07 Å². The molecule has 104 valence electrons. The lowest BCUT2D eigenvalue weighted by Gasteiger charge is -2.43. The molecule has 0 radical (unpaired) electrons. The zero-order valence-corrected chi connectivity index (χ0v) is 13.4. The fourth-order valence-corrected chi connectivity index (χ4v) is 4.00. The van der Waals surface area contributed by atoms with Crippen LogP contribution in [0.4, 0.5) is 0 Å². The molecule has 0 aliphatic carbocycles. The highest BCUT2D eigenvalue weighted by Gasteiger charge is 2.37. The molecule has 0 aliphatic heterocycles.